The maximum absolute atomic E-state index is 5.67. The van der Waals surface area contributed by atoms with Gasteiger partial charge in [0.25, 0.3) is 0 Å². The average molecular weight is 234 g/mol. The molecule has 0 bridgehead atoms. The van der Waals surface area contributed by atoms with Crippen LogP contribution in [0.4, 0.5) is 5.95 Å². The fourth-order valence-electron chi connectivity index (χ4n) is 1.97. The van der Waals surface area contributed by atoms with E-state index < -0.39 is 0 Å². The van der Waals surface area contributed by atoms with Crippen molar-refractivity contribution in [1.29, 1.82) is 0 Å². The molecule has 0 spiro atoms. The Kier molecular flexibility index (Phi) is 3.62. The Morgan fingerprint density at radius 2 is 2.12 bits per heavy atom. The first-order valence-corrected chi connectivity index (χ1v) is 6.44. The molecule has 0 saturated heterocycles. The van der Waals surface area contributed by atoms with E-state index in [-0.39, 0.29) is 0 Å². The molecule has 1 aromatic heterocycles. The molecule has 1 aliphatic rings. The van der Waals surface area contributed by atoms with Crippen LogP contribution in [0, 0.1) is 6.92 Å². The van der Waals surface area contributed by atoms with Crippen LogP contribution in [-0.4, -0.2) is 29.1 Å². The van der Waals surface area contributed by atoms with E-state index in [1.165, 1.54) is 12.8 Å². The Hall–Kier alpha value is -1.16. The summed E-state index contributed by atoms with van der Waals surface area (Å²) in [7, 11) is 0. The van der Waals surface area contributed by atoms with Crippen molar-refractivity contribution in [3.63, 3.8) is 0 Å². The number of aromatic nitrogens is 2. The van der Waals surface area contributed by atoms with Gasteiger partial charge >= 0.3 is 0 Å². The maximum atomic E-state index is 5.67. The highest BCUT2D eigenvalue weighted by Gasteiger charge is 2.30. The standard InChI is InChI=1S/C13H22N4/c1-9(2)12-8-10(3)15-13(16-12)17(7-6-14)11-4-5-11/h8-9,11H,4-7,14H2,1-3H3. The number of anilines is 1. The van der Waals surface area contributed by atoms with E-state index in [1.807, 2.05) is 6.92 Å². The van der Waals surface area contributed by atoms with Crippen LogP contribution < -0.4 is 10.6 Å². The highest BCUT2D eigenvalue weighted by Crippen LogP contribution is 2.30. The summed E-state index contributed by atoms with van der Waals surface area (Å²) in [5, 5.41) is 0. The largest absolute Gasteiger partial charge is 0.337 e. The van der Waals surface area contributed by atoms with Gasteiger partial charge in [0.2, 0.25) is 5.95 Å². The minimum atomic E-state index is 0.439. The van der Waals surface area contributed by atoms with Crippen molar-refractivity contribution in [3.05, 3.63) is 17.5 Å². The maximum Gasteiger partial charge on any atom is 0.226 e. The molecule has 0 amide bonds. The Balaban J connectivity index is 2.28. The molecule has 1 aromatic rings. The summed E-state index contributed by atoms with van der Waals surface area (Å²) in [5.41, 5.74) is 7.83. The highest BCUT2D eigenvalue weighted by atomic mass is 15.3. The van der Waals surface area contributed by atoms with Crippen molar-refractivity contribution < 1.29 is 0 Å². The number of aryl methyl sites for hydroxylation is 1. The smallest absolute Gasteiger partial charge is 0.226 e. The zero-order chi connectivity index (χ0) is 12.4. The zero-order valence-electron chi connectivity index (χ0n) is 11.0. The molecule has 0 unspecified atom stereocenters. The normalized spacial score (nSPS) is 15.4. The molecule has 94 valence electrons. The summed E-state index contributed by atoms with van der Waals surface area (Å²) >= 11 is 0. The lowest BCUT2D eigenvalue weighted by Gasteiger charge is -2.22. The van der Waals surface area contributed by atoms with E-state index in [2.05, 4.69) is 34.8 Å². The molecule has 1 heterocycles. The van der Waals surface area contributed by atoms with Gasteiger partial charge in [0.15, 0.2) is 0 Å². The third-order valence-electron chi connectivity index (χ3n) is 3.07. The third kappa shape index (κ3) is 2.94. The molecule has 0 aliphatic heterocycles. The van der Waals surface area contributed by atoms with Crippen molar-refractivity contribution in [3.8, 4) is 0 Å². The minimum Gasteiger partial charge on any atom is -0.337 e. The van der Waals surface area contributed by atoms with Gasteiger partial charge in [0.05, 0.1) is 0 Å². The molecule has 17 heavy (non-hydrogen) atoms. The van der Waals surface area contributed by atoms with E-state index in [9.17, 15) is 0 Å². The molecule has 1 saturated carbocycles. The molecule has 4 heteroatoms. The van der Waals surface area contributed by atoms with Crippen LogP contribution in [0.2, 0.25) is 0 Å². The van der Waals surface area contributed by atoms with Crippen molar-refractivity contribution in [2.75, 3.05) is 18.0 Å². The Morgan fingerprint density at radius 3 is 2.65 bits per heavy atom. The Bertz CT molecular complexity index is 385. The summed E-state index contributed by atoms with van der Waals surface area (Å²) in [4.78, 5) is 11.5. The van der Waals surface area contributed by atoms with E-state index in [1.54, 1.807) is 0 Å². The molecular formula is C13H22N4. The number of nitrogens with zero attached hydrogens (tertiary/aromatic N) is 3. The quantitative estimate of drug-likeness (QED) is 0.844. The molecule has 1 aliphatic carbocycles. The summed E-state index contributed by atoms with van der Waals surface area (Å²) in [6, 6.07) is 2.68. The van der Waals surface area contributed by atoms with Crippen LogP contribution in [-0.2, 0) is 0 Å². The second-order valence-electron chi connectivity index (χ2n) is 5.10. The first-order valence-electron chi connectivity index (χ1n) is 6.44. The Labute approximate surface area is 103 Å². The average Bonchev–Trinajstić information content (AvgIpc) is 3.08. The van der Waals surface area contributed by atoms with Crippen molar-refractivity contribution >= 4 is 5.95 Å². The Morgan fingerprint density at radius 1 is 1.41 bits per heavy atom. The van der Waals surface area contributed by atoms with E-state index in [0.717, 1.165) is 23.9 Å². The molecule has 2 rings (SSSR count). The fraction of sp³-hybridized carbons (Fsp3) is 0.692. The van der Waals surface area contributed by atoms with Gasteiger partial charge in [-0.15, -0.1) is 0 Å². The molecule has 4 nitrogen and oxygen atoms in total. The predicted octanol–water partition coefficient (Wildman–Crippen LogP) is 1.84. The SMILES string of the molecule is Cc1cc(C(C)C)nc(N(CCN)C2CC2)n1. The second-order valence-corrected chi connectivity index (χ2v) is 5.10. The van der Waals surface area contributed by atoms with Crippen molar-refractivity contribution in [2.24, 2.45) is 5.73 Å². The van der Waals surface area contributed by atoms with Gasteiger partial charge < -0.3 is 10.6 Å². The topological polar surface area (TPSA) is 55.0 Å². The third-order valence-corrected chi connectivity index (χ3v) is 3.07. The summed E-state index contributed by atoms with van der Waals surface area (Å²) in [5.74, 6) is 1.30. The van der Waals surface area contributed by atoms with Crippen molar-refractivity contribution in [1.82, 2.24) is 9.97 Å². The number of nitrogens with two attached hydrogens (primary N) is 1. The molecule has 1 fully saturated rings. The van der Waals surface area contributed by atoms with Crippen LogP contribution >= 0.6 is 0 Å². The number of hydrogen-bond donors (Lipinski definition) is 1. The van der Waals surface area contributed by atoms with Gasteiger partial charge in [0.1, 0.15) is 0 Å². The van der Waals surface area contributed by atoms with E-state index in [0.29, 0.717) is 18.5 Å². The summed E-state index contributed by atoms with van der Waals surface area (Å²) < 4.78 is 0. The first-order chi connectivity index (χ1) is 8.11. The second kappa shape index (κ2) is 5.00. The molecule has 0 atom stereocenters. The summed E-state index contributed by atoms with van der Waals surface area (Å²) in [6.45, 7) is 7.87. The van der Waals surface area contributed by atoms with Gasteiger partial charge in [-0.2, -0.15) is 0 Å². The molecule has 0 aromatic carbocycles. The van der Waals surface area contributed by atoms with E-state index in [4.69, 9.17) is 5.73 Å². The summed E-state index contributed by atoms with van der Waals surface area (Å²) in [6.07, 6.45) is 2.49. The van der Waals surface area contributed by atoms with Gasteiger partial charge in [-0.05, 0) is 31.7 Å². The van der Waals surface area contributed by atoms with Gasteiger partial charge in [-0.3, -0.25) is 0 Å². The van der Waals surface area contributed by atoms with Crippen LogP contribution in [0.25, 0.3) is 0 Å². The number of hydrogen-bond acceptors (Lipinski definition) is 4. The zero-order valence-corrected chi connectivity index (χ0v) is 11.0. The van der Waals surface area contributed by atoms with E-state index >= 15 is 0 Å². The van der Waals surface area contributed by atoms with Crippen LogP contribution in [0.5, 0.6) is 0 Å². The molecular weight excluding hydrogens is 212 g/mol. The van der Waals surface area contributed by atoms with Gasteiger partial charge in [0, 0.05) is 30.5 Å². The fourth-order valence-corrected chi connectivity index (χ4v) is 1.97. The van der Waals surface area contributed by atoms with Crippen molar-refractivity contribution in [2.45, 2.75) is 45.6 Å². The minimum absolute atomic E-state index is 0.439. The monoisotopic (exact) mass is 234 g/mol. The molecule has 0 radical (unpaired) electrons. The first kappa shape index (κ1) is 12.3. The number of rotatable bonds is 5. The van der Waals surface area contributed by atoms with Crippen LogP contribution in [0.15, 0.2) is 6.07 Å². The predicted molar refractivity (Wildman–Crippen MR) is 70.3 cm³/mol. The van der Waals surface area contributed by atoms with Gasteiger partial charge in [-0.25, -0.2) is 9.97 Å². The lowest BCUT2D eigenvalue weighted by atomic mass is 10.1. The lowest BCUT2D eigenvalue weighted by Crippen LogP contribution is -2.33. The van der Waals surface area contributed by atoms with Crippen LogP contribution in [0.3, 0.4) is 0 Å². The highest BCUT2D eigenvalue weighted by molar-refractivity contribution is 5.36. The van der Waals surface area contributed by atoms with Crippen LogP contribution in [0.1, 0.15) is 44.0 Å². The van der Waals surface area contributed by atoms with Gasteiger partial charge in [-0.1, -0.05) is 13.8 Å². The lowest BCUT2D eigenvalue weighted by molar-refractivity contribution is 0.730. The molecule has 2 N–H and O–H groups in total.